The third-order valence-electron chi connectivity index (χ3n) is 4.48. The fraction of sp³-hybridized carbons (Fsp3) is 0.692. The highest BCUT2D eigenvalue weighted by molar-refractivity contribution is 5.98. The topological polar surface area (TPSA) is 108 Å². The Kier molecular flexibility index (Phi) is 18.2. The van der Waals surface area contributed by atoms with Gasteiger partial charge in [-0.05, 0) is 38.8 Å². The number of carbonyl (C=O) groups excluding carboxylic acids is 2. The number of benzene rings is 1. The molecular weight excluding hydrogens is 472 g/mol. The zero-order valence-electron chi connectivity index (χ0n) is 22.1. The summed E-state index contributed by atoms with van der Waals surface area (Å²) in [5.74, 6) is -0.824. The molecule has 0 unspecified atom stereocenters. The number of rotatable bonds is 22. The Morgan fingerprint density at radius 2 is 0.861 bits per heavy atom. The molecule has 0 fully saturated rings. The molecule has 1 aromatic carbocycles. The van der Waals surface area contributed by atoms with Crippen LogP contribution in [-0.4, -0.2) is 91.2 Å². The van der Waals surface area contributed by atoms with Crippen molar-refractivity contribution in [1.82, 2.24) is 0 Å². The predicted molar refractivity (Wildman–Crippen MR) is 133 cm³/mol. The van der Waals surface area contributed by atoms with Crippen molar-refractivity contribution < 1.29 is 47.5 Å². The summed E-state index contributed by atoms with van der Waals surface area (Å²) in [5.41, 5.74) is 0.278. The molecule has 0 bridgehead atoms. The molecule has 1 aromatic rings. The van der Waals surface area contributed by atoms with Gasteiger partial charge in [-0.3, -0.25) is 0 Å². The van der Waals surface area contributed by atoms with E-state index in [9.17, 15) is 9.59 Å². The molecule has 1 rings (SSSR count). The molecule has 0 N–H and O–H groups in total. The number of ether oxygens (including phenoxy) is 8. The summed E-state index contributed by atoms with van der Waals surface area (Å²) in [7, 11) is 0. The van der Waals surface area contributed by atoms with E-state index in [1.165, 1.54) is 12.1 Å². The van der Waals surface area contributed by atoms with Crippen LogP contribution in [0.3, 0.4) is 0 Å². The number of hydrogen-bond acceptors (Lipinski definition) is 10. The van der Waals surface area contributed by atoms with Crippen LogP contribution in [0.4, 0.5) is 0 Å². The first kappa shape index (κ1) is 31.6. The number of esters is 2. The molecule has 0 saturated heterocycles. The summed E-state index contributed by atoms with van der Waals surface area (Å²) in [5, 5.41) is 0. The van der Waals surface area contributed by atoms with Crippen LogP contribution in [0, 0.1) is 0 Å². The van der Waals surface area contributed by atoms with Crippen molar-refractivity contribution in [3.8, 4) is 11.5 Å². The number of carbonyl (C=O) groups is 2. The Morgan fingerprint density at radius 1 is 0.528 bits per heavy atom. The normalized spacial score (nSPS) is 10.8. The third-order valence-corrected chi connectivity index (χ3v) is 4.48. The van der Waals surface area contributed by atoms with Crippen LogP contribution in [0.5, 0.6) is 11.5 Å². The van der Waals surface area contributed by atoms with Gasteiger partial charge in [0.15, 0.2) is 0 Å². The molecule has 0 aromatic heterocycles. The second-order valence-corrected chi connectivity index (χ2v) is 7.43. The van der Waals surface area contributed by atoms with Gasteiger partial charge >= 0.3 is 11.9 Å². The lowest BCUT2D eigenvalue weighted by atomic mass is 10.1. The maximum absolute atomic E-state index is 12.6. The van der Waals surface area contributed by atoms with Crippen LogP contribution < -0.4 is 9.47 Å². The summed E-state index contributed by atoms with van der Waals surface area (Å²) in [4.78, 5) is 25.2. The molecule has 0 spiro atoms. The molecule has 0 atom stereocenters. The molecule has 10 nitrogen and oxygen atoms in total. The van der Waals surface area contributed by atoms with Gasteiger partial charge in [0, 0.05) is 13.2 Å². The van der Waals surface area contributed by atoms with Gasteiger partial charge in [0.05, 0.1) is 52.9 Å². The van der Waals surface area contributed by atoms with Crippen LogP contribution in [-0.2, 0) is 28.4 Å². The van der Waals surface area contributed by atoms with Crippen LogP contribution >= 0.6 is 0 Å². The van der Waals surface area contributed by atoms with Crippen molar-refractivity contribution in [2.75, 3.05) is 79.3 Å². The highest BCUT2D eigenvalue weighted by atomic mass is 16.6. The van der Waals surface area contributed by atoms with Crippen LogP contribution in [0.25, 0.3) is 0 Å². The van der Waals surface area contributed by atoms with Crippen molar-refractivity contribution in [3.05, 3.63) is 23.3 Å². The predicted octanol–water partition coefficient (Wildman–Crippen LogP) is 3.68. The lowest BCUT2D eigenvalue weighted by Gasteiger charge is -2.17. The molecule has 0 saturated carbocycles. The fourth-order valence-electron chi connectivity index (χ4n) is 2.89. The van der Waals surface area contributed by atoms with E-state index in [4.69, 9.17) is 37.9 Å². The average Bonchev–Trinajstić information content (AvgIpc) is 2.87. The molecule has 0 radical (unpaired) electrons. The fourth-order valence-corrected chi connectivity index (χ4v) is 2.89. The zero-order chi connectivity index (χ0) is 26.4. The van der Waals surface area contributed by atoms with E-state index in [-0.39, 0.29) is 62.3 Å². The van der Waals surface area contributed by atoms with E-state index in [2.05, 4.69) is 0 Å². The highest BCUT2D eigenvalue weighted by Crippen LogP contribution is 2.31. The maximum Gasteiger partial charge on any atom is 0.342 e. The van der Waals surface area contributed by atoms with Gasteiger partial charge in [-0.2, -0.15) is 0 Å². The van der Waals surface area contributed by atoms with Gasteiger partial charge < -0.3 is 37.9 Å². The summed E-state index contributed by atoms with van der Waals surface area (Å²) in [6.45, 7) is 12.0. The molecule has 0 aliphatic heterocycles. The Bertz CT molecular complexity index is 676. The monoisotopic (exact) mass is 514 g/mol. The van der Waals surface area contributed by atoms with Gasteiger partial charge in [0.1, 0.15) is 35.8 Å². The van der Waals surface area contributed by atoms with E-state index in [0.717, 1.165) is 12.8 Å². The first-order chi connectivity index (χ1) is 17.6. The van der Waals surface area contributed by atoms with Gasteiger partial charge in [-0.15, -0.1) is 0 Å². The molecule has 206 valence electrons. The lowest BCUT2D eigenvalue weighted by molar-refractivity contribution is 0.0350. The zero-order valence-corrected chi connectivity index (χ0v) is 22.1. The summed E-state index contributed by atoms with van der Waals surface area (Å²) >= 11 is 0. The molecule has 0 amide bonds. The second-order valence-electron chi connectivity index (χ2n) is 7.43. The first-order valence-corrected chi connectivity index (χ1v) is 12.7. The van der Waals surface area contributed by atoms with Crippen LogP contribution in [0.1, 0.15) is 61.3 Å². The standard InChI is InChI=1S/C26H42O10/c1-5-9-29-11-13-31-15-17-35-23-19-22(26(28)34-8-4)24(20-21(23)25(27)33-7-3)36-18-16-32-14-12-30-10-6-2/h19-20H,5-18H2,1-4H3. The SMILES string of the molecule is CCCOCCOCCOc1cc(C(=O)OCC)c(OCCOCCOCCC)cc1C(=O)OCC. The minimum atomic E-state index is -0.592. The summed E-state index contributed by atoms with van der Waals surface area (Å²) < 4.78 is 43.6. The Hall–Kier alpha value is -2.40. The van der Waals surface area contributed by atoms with E-state index < -0.39 is 11.9 Å². The van der Waals surface area contributed by atoms with Gasteiger partial charge in [-0.25, -0.2) is 9.59 Å². The van der Waals surface area contributed by atoms with Gasteiger partial charge in [0.2, 0.25) is 0 Å². The van der Waals surface area contributed by atoms with Crippen molar-refractivity contribution in [1.29, 1.82) is 0 Å². The number of hydrogen-bond donors (Lipinski definition) is 0. The Balaban J connectivity index is 2.86. The minimum Gasteiger partial charge on any atom is -0.490 e. The van der Waals surface area contributed by atoms with E-state index in [1.54, 1.807) is 13.8 Å². The van der Waals surface area contributed by atoms with E-state index in [1.807, 2.05) is 13.8 Å². The lowest BCUT2D eigenvalue weighted by Crippen LogP contribution is -2.17. The Labute approximate surface area is 214 Å². The maximum atomic E-state index is 12.6. The summed E-state index contributed by atoms with van der Waals surface area (Å²) in [6, 6.07) is 2.87. The van der Waals surface area contributed by atoms with Crippen molar-refractivity contribution in [2.24, 2.45) is 0 Å². The quantitative estimate of drug-likeness (QED) is 0.168. The second kappa shape index (κ2) is 20.8. The largest absolute Gasteiger partial charge is 0.490 e. The third kappa shape index (κ3) is 13.1. The molecule has 0 aliphatic carbocycles. The summed E-state index contributed by atoms with van der Waals surface area (Å²) in [6.07, 6.45) is 1.90. The van der Waals surface area contributed by atoms with Gasteiger partial charge in [0.25, 0.3) is 0 Å². The van der Waals surface area contributed by atoms with E-state index in [0.29, 0.717) is 39.6 Å². The minimum absolute atomic E-state index is 0.139. The van der Waals surface area contributed by atoms with E-state index >= 15 is 0 Å². The molecule has 10 heteroatoms. The smallest absolute Gasteiger partial charge is 0.342 e. The molecule has 36 heavy (non-hydrogen) atoms. The molecule has 0 heterocycles. The van der Waals surface area contributed by atoms with Crippen LogP contribution in [0.15, 0.2) is 12.1 Å². The highest BCUT2D eigenvalue weighted by Gasteiger charge is 2.23. The Morgan fingerprint density at radius 3 is 1.19 bits per heavy atom. The molecule has 0 aliphatic rings. The van der Waals surface area contributed by atoms with Gasteiger partial charge in [-0.1, -0.05) is 13.8 Å². The molecular formula is C26H42O10. The average molecular weight is 515 g/mol. The first-order valence-electron chi connectivity index (χ1n) is 12.7. The van der Waals surface area contributed by atoms with Crippen LogP contribution in [0.2, 0.25) is 0 Å². The van der Waals surface area contributed by atoms with Crippen molar-refractivity contribution in [2.45, 2.75) is 40.5 Å². The van der Waals surface area contributed by atoms with Crippen molar-refractivity contribution in [3.63, 3.8) is 0 Å². The van der Waals surface area contributed by atoms with Crippen molar-refractivity contribution >= 4 is 11.9 Å².